The molecule has 2 fully saturated rings. The number of nitrogens with zero attached hydrogens (tertiary/aromatic N) is 1. The van der Waals surface area contributed by atoms with E-state index in [-0.39, 0.29) is 29.6 Å². The predicted octanol–water partition coefficient (Wildman–Crippen LogP) is 4.91. The molecule has 0 radical (unpaired) electrons. The summed E-state index contributed by atoms with van der Waals surface area (Å²) in [5.41, 5.74) is 4.86. The fourth-order valence-corrected chi connectivity index (χ4v) is 4.34. The number of carbonyl (C=O) groups excluding carboxylic acids is 1. The predicted molar refractivity (Wildman–Crippen MR) is 96.9 cm³/mol. The van der Waals surface area contributed by atoms with Crippen LogP contribution in [-0.4, -0.2) is 17.4 Å². The maximum Gasteiger partial charge on any atom is 0.226 e. The van der Waals surface area contributed by atoms with Gasteiger partial charge in [-0.25, -0.2) is 4.39 Å². The van der Waals surface area contributed by atoms with E-state index in [1.807, 2.05) is 12.1 Å². The van der Waals surface area contributed by atoms with Gasteiger partial charge in [0, 0.05) is 12.5 Å². The number of rotatable bonds is 3. The highest BCUT2D eigenvalue weighted by atomic mass is 19.1. The zero-order chi connectivity index (χ0) is 17.6. The van der Waals surface area contributed by atoms with Crippen LogP contribution in [0.5, 0.6) is 0 Å². The van der Waals surface area contributed by atoms with Crippen molar-refractivity contribution in [1.82, 2.24) is 4.90 Å². The number of halogens is 1. The van der Waals surface area contributed by atoms with Crippen molar-refractivity contribution in [3.05, 3.63) is 70.5 Å². The minimum atomic E-state index is -0.221. The minimum absolute atomic E-state index is 0.0666. The van der Waals surface area contributed by atoms with Gasteiger partial charge in [-0.1, -0.05) is 41.5 Å². The van der Waals surface area contributed by atoms with Gasteiger partial charge in [-0.15, -0.1) is 0 Å². The normalized spacial score (nSPS) is 25.2. The topological polar surface area (TPSA) is 20.3 Å². The molecule has 2 aromatic rings. The molecule has 4 rings (SSSR count). The molecule has 1 amide bonds. The van der Waals surface area contributed by atoms with E-state index >= 15 is 0 Å². The molecule has 1 aliphatic carbocycles. The second-order valence-corrected chi connectivity index (χ2v) is 7.61. The summed E-state index contributed by atoms with van der Waals surface area (Å²) in [6.45, 7) is 5.08. The SMILES string of the molecule is Cc1cc(C)cc(C2CCCN2C(=O)C2CC2c2ccc(F)cc2)c1. The Morgan fingerprint density at radius 1 is 1.04 bits per heavy atom. The second-order valence-electron chi connectivity index (χ2n) is 7.61. The first-order valence-electron chi connectivity index (χ1n) is 9.17. The van der Waals surface area contributed by atoms with Gasteiger partial charge < -0.3 is 4.90 Å². The molecule has 1 aliphatic heterocycles. The molecule has 1 heterocycles. The highest BCUT2D eigenvalue weighted by Crippen LogP contribution is 2.50. The molecule has 2 aromatic carbocycles. The van der Waals surface area contributed by atoms with E-state index in [2.05, 4.69) is 36.9 Å². The molecule has 0 aromatic heterocycles. The molecule has 0 N–H and O–H groups in total. The van der Waals surface area contributed by atoms with Gasteiger partial charge in [-0.3, -0.25) is 4.79 Å². The minimum Gasteiger partial charge on any atom is -0.335 e. The van der Waals surface area contributed by atoms with E-state index in [1.54, 1.807) is 0 Å². The van der Waals surface area contributed by atoms with E-state index in [0.717, 1.165) is 31.4 Å². The van der Waals surface area contributed by atoms with Gasteiger partial charge in [0.1, 0.15) is 5.82 Å². The summed E-state index contributed by atoms with van der Waals surface area (Å²) in [5.74, 6) is 0.378. The number of hydrogen-bond acceptors (Lipinski definition) is 1. The van der Waals surface area contributed by atoms with E-state index in [0.29, 0.717) is 0 Å². The molecule has 3 atom stereocenters. The van der Waals surface area contributed by atoms with Crippen molar-refractivity contribution < 1.29 is 9.18 Å². The van der Waals surface area contributed by atoms with Crippen LogP contribution in [0.25, 0.3) is 0 Å². The van der Waals surface area contributed by atoms with Crippen molar-refractivity contribution in [3.63, 3.8) is 0 Å². The van der Waals surface area contributed by atoms with Crippen molar-refractivity contribution in [3.8, 4) is 0 Å². The van der Waals surface area contributed by atoms with Gasteiger partial charge in [-0.05, 0) is 62.3 Å². The first kappa shape index (κ1) is 16.3. The summed E-state index contributed by atoms with van der Waals surface area (Å²) in [7, 11) is 0. The van der Waals surface area contributed by atoms with Gasteiger partial charge >= 0.3 is 0 Å². The van der Waals surface area contributed by atoms with Crippen LogP contribution in [0.3, 0.4) is 0 Å². The summed E-state index contributed by atoms with van der Waals surface area (Å²) >= 11 is 0. The molecule has 25 heavy (non-hydrogen) atoms. The number of amides is 1. The maximum atomic E-state index is 13.1. The average molecular weight is 337 g/mol. The molecular weight excluding hydrogens is 313 g/mol. The van der Waals surface area contributed by atoms with Crippen LogP contribution in [0.15, 0.2) is 42.5 Å². The van der Waals surface area contributed by atoms with Crippen LogP contribution < -0.4 is 0 Å². The number of aryl methyl sites for hydroxylation is 2. The number of carbonyl (C=O) groups is 1. The van der Waals surface area contributed by atoms with Crippen LogP contribution in [0.1, 0.15) is 53.5 Å². The van der Waals surface area contributed by atoms with E-state index < -0.39 is 0 Å². The summed E-state index contributed by atoms with van der Waals surface area (Å²) in [5, 5.41) is 0. The largest absolute Gasteiger partial charge is 0.335 e. The Morgan fingerprint density at radius 2 is 1.72 bits per heavy atom. The van der Waals surface area contributed by atoms with Crippen molar-refractivity contribution in [2.24, 2.45) is 5.92 Å². The third kappa shape index (κ3) is 3.20. The van der Waals surface area contributed by atoms with Gasteiger partial charge in [0.15, 0.2) is 0 Å². The molecule has 130 valence electrons. The molecule has 3 heteroatoms. The van der Waals surface area contributed by atoms with Gasteiger partial charge in [-0.2, -0.15) is 0 Å². The monoisotopic (exact) mass is 337 g/mol. The molecule has 3 unspecified atom stereocenters. The average Bonchev–Trinajstić information content (AvgIpc) is 3.21. The van der Waals surface area contributed by atoms with Gasteiger partial charge in [0.25, 0.3) is 0 Å². The number of likely N-dealkylation sites (tertiary alicyclic amines) is 1. The Balaban J connectivity index is 1.51. The van der Waals surface area contributed by atoms with Crippen LogP contribution in [0.2, 0.25) is 0 Å². The fraction of sp³-hybridized carbons (Fsp3) is 0.409. The standard InChI is InChI=1S/C22H24FNO/c1-14-10-15(2)12-17(11-14)21-4-3-9-24(21)22(25)20-13-19(20)16-5-7-18(23)8-6-16/h5-8,10-12,19-21H,3-4,9,13H2,1-2H3. The Morgan fingerprint density at radius 3 is 2.40 bits per heavy atom. The van der Waals surface area contributed by atoms with Crippen LogP contribution in [0, 0.1) is 25.6 Å². The smallest absolute Gasteiger partial charge is 0.226 e. The molecule has 1 saturated heterocycles. The molecule has 2 nitrogen and oxygen atoms in total. The molecule has 1 saturated carbocycles. The lowest BCUT2D eigenvalue weighted by molar-refractivity contribution is -0.133. The summed E-state index contributed by atoms with van der Waals surface area (Å²) in [6, 6.07) is 13.4. The Hall–Kier alpha value is -2.16. The molecule has 0 spiro atoms. The lowest BCUT2D eigenvalue weighted by Crippen LogP contribution is -2.32. The maximum absolute atomic E-state index is 13.1. The first-order chi connectivity index (χ1) is 12.0. The van der Waals surface area contributed by atoms with Crippen LogP contribution >= 0.6 is 0 Å². The second kappa shape index (κ2) is 6.29. The highest BCUT2D eigenvalue weighted by molar-refractivity contribution is 5.83. The molecular formula is C22H24FNO. The third-order valence-corrected chi connectivity index (χ3v) is 5.57. The quantitative estimate of drug-likeness (QED) is 0.779. The third-order valence-electron chi connectivity index (χ3n) is 5.57. The van der Waals surface area contributed by atoms with Crippen LogP contribution in [0.4, 0.5) is 4.39 Å². The van der Waals surface area contributed by atoms with Gasteiger partial charge in [0.2, 0.25) is 5.91 Å². The molecule has 2 aliphatic rings. The highest BCUT2D eigenvalue weighted by Gasteiger charge is 2.47. The summed E-state index contributed by atoms with van der Waals surface area (Å²) < 4.78 is 13.1. The Labute approximate surface area is 148 Å². The summed E-state index contributed by atoms with van der Waals surface area (Å²) in [4.78, 5) is 15.1. The van der Waals surface area contributed by atoms with Crippen molar-refractivity contribution in [2.75, 3.05) is 6.54 Å². The van der Waals surface area contributed by atoms with Crippen molar-refractivity contribution in [2.45, 2.75) is 45.1 Å². The fourth-order valence-electron chi connectivity index (χ4n) is 4.34. The first-order valence-corrected chi connectivity index (χ1v) is 9.17. The van der Waals surface area contributed by atoms with Crippen molar-refractivity contribution >= 4 is 5.91 Å². The number of hydrogen-bond donors (Lipinski definition) is 0. The zero-order valence-electron chi connectivity index (χ0n) is 14.8. The van der Waals surface area contributed by atoms with E-state index in [4.69, 9.17) is 0 Å². The summed E-state index contributed by atoms with van der Waals surface area (Å²) in [6.07, 6.45) is 3.00. The van der Waals surface area contributed by atoms with E-state index in [1.165, 1.54) is 28.8 Å². The lowest BCUT2D eigenvalue weighted by Gasteiger charge is -2.26. The van der Waals surface area contributed by atoms with E-state index in [9.17, 15) is 9.18 Å². The Bertz CT molecular complexity index is 778. The van der Waals surface area contributed by atoms with Gasteiger partial charge in [0.05, 0.1) is 6.04 Å². The zero-order valence-corrected chi connectivity index (χ0v) is 14.8. The molecule has 0 bridgehead atoms. The lowest BCUT2D eigenvalue weighted by atomic mass is 9.99. The van der Waals surface area contributed by atoms with Crippen molar-refractivity contribution in [1.29, 1.82) is 0 Å². The van der Waals surface area contributed by atoms with Crippen LogP contribution in [-0.2, 0) is 4.79 Å². The Kier molecular flexibility index (Phi) is 4.10. The number of benzene rings is 2.